The lowest BCUT2D eigenvalue weighted by molar-refractivity contribution is -0.139. The van der Waals surface area contributed by atoms with E-state index in [-0.39, 0.29) is 18.6 Å². The fourth-order valence-corrected chi connectivity index (χ4v) is 2.27. The number of benzene rings is 1. The largest absolute Gasteiger partial charge is 0.480 e. The Hall–Kier alpha value is -1.35. The van der Waals surface area contributed by atoms with Gasteiger partial charge in [0, 0.05) is 12.1 Å². The minimum atomic E-state index is -0.754. The molecule has 3 nitrogen and oxygen atoms in total. The van der Waals surface area contributed by atoms with E-state index in [9.17, 15) is 4.79 Å². The van der Waals surface area contributed by atoms with Gasteiger partial charge in [-0.1, -0.05) is 37.3 Å². The van der Waals surface area contributed by atoms with Gasteiger partial charge >= 0.3 is 5.97 Å². The second-order valence-corrected chi connectivity index (χ2v) is 4.91. The number of nitrogens with zero attached hydrogens (tertiary/aromatic N) is 1. The molecule has 0 bridgehead atoms. The molecule has 1 aromatic rings. The van der Waals surface area contributed by atoms with E-state index < -0.39 is 5.97 Å². The van der Waals surface area contributed by atoms with E-state index in [0.717, 1.165) is 12.8 Å². The van der Waals surface area contributed by atoms with Crippen LogP contribution in [-0.4, -0.2) is 34.6 Å². The quantitative estimate of drug-likeness (QED) is 0.807. The van der Waals surface area contributed by atoms with Crippen LogP contribution in [0.2, 0.25) is 0 Å². The van der Waals surface area contributed by atoms with Gasteiger partial charge in [-0.3, -0.25) is 9.69 Å². The molecule has 18 heavy (non-hydrogen) atoms. The smallest absolute Gasteiger partial charge is 0.317 e. The maximum Gasteiger partial charge on any atom is 0.317 e. The summed E-state index contributed by atoms with van der Waals surface area (Å²) >= 11 is 0. The first-order valence-electron chi connectivity index (χ1n) is 6.56. The van der Waals surface area contributed by atoms with Crippen LogP contribution in [0.4, 0.5) is 0 Å². The molecule has 1 atom stereocenters. The van der Waals surface area contributed by atoms with Crippen LogP contribution in [0.3, 0.4) is 0 Å². The lowest BCUT2D eigenvalue weighted by atomic mass is 10.0. The van der Waals surface area contributed by atoms with Gasteiger partial charge in [0.1, 0.15) is 0 Å². The van der Waals surface area contributed by atoms with Crippen LogP contribution >= 0.6 is 0 Å². The van der Waals surface area contributed by atoms with Gasteiger partial charge in [0.25, 0.3) is 0 Å². The van der Waals surface area contributed by atoms with Gasteiger partial charge in [-0.15, -0.1) is 0 Å². The minimum Gasteiger partial charge on any atom is -0.480 e. The summed E-state index contributed by atoms with van der Waals surface area (Å²) in [6.45, 7) is 6.33. The molecule has 0 heterocycles. The summed E-state index contributed by atoms with van der Waals surface area (Å²) in [6, 6.07) is 10.8. The highest BCUT2D eigenvalue weighted by Gasteiger charge is 2.22. The average Bonchev–Trinajstić information content (AvgIpc) is 2.34. The Morgan fingerprint density at radius 1 is 1.28 bits per heavy atom. The number of hydrogen-bond donors (Lipinski definition) is 1. The summed E-state index contributed by atoms with van der Waals surface area (Å²) < 4.78 is 0. The highest BCUT2D eigenvalue weighted by molar-refractivity contribution is 5.69. The Bertz CT molecular complexity index is 362. The van der Waals surface area contributed by atoms with E-state index in [2.05, 4.69) is 37.8 Å². The van der Waals surface area contributed by atoms with Gasteiger partial charge in [-0.2, -0.15) is 0 Å². The standard InChI is InChI=1S/C15H23NO2/c1-4-14(10-13-8-6-5-7-9-13)16(12(2)3)11-15(17)18/h5-9,12,14H,4,10-11H2,1-3H3,(H,17,18). The molecule has 100 valence electrons. The van der Waals surface area contributed by atoms with Crippen molar-refractivity contribution in [2.24, 2.45) is 0 Å². The van der Waals surface area contributed by atoms with Gasteiger partial charge in [0.2, 0.25) is 0 Å². The summed E-state index contributed by atoms with van der Waals surface area (Å²) in [5, 5.41) is 9.00. The Labute approximate surface area is 109 Å². The molecular weight excluding hydrogens is 226 g/mol. The third kappa shape index (κ3) is 4.49. The predicted molar refractivity (Wildman–Crippen MR) is 73.7 cm³/mol. The normalized spacial score (nSPS) is 12.9. The van der Waals surface area contributed by atoms with E-state index in [4.69, 9.17) is 5.11 Å². The van der Waals surface area contributed by atoms with Gasteiger partial charge in [-0.25, -0.2) is 0 Å². The van der Waals surface area contributed by atoms with Crippen LogP contribution in [0.5, 0.6) is 0 Å². The molecule has 0 saturated heterocycles. The summed E-state index contributed by atoms with van der Waals surface area (Å²) in [5.41, 5.74) is 1.26. The van der Waals surface area contributed by atoms with Crippen molar-refractivity contribution >= 4 is 5.97 Å². The number of rotatable bonds is 7. The van der Waals surface area contributed by atoms with E-state index in [1.54, 1.807) is 0 Å². The molecule has 0 amide bonds. The fraction of sp³-hybridized carbons (Fsp3) is 0.533. The van der Waals surface area contributed by atoms with Crippen LogP contribution in [0.1, 0.15) is 32.8 Å². The lowest BCUT2D eigenvalue weighted by Gasteiger charge is -2.33. The molecule has 0 radical (unpaired) electrons. The topological polar surface area (TPSA) is 40.5 Å². The summed E-state index contributed by atoms with van der Waals surface area (Å²) in [5.74, 6) is -0.754. The summed E-state index contributed by atoms with van der Waals surface area (Å²) in [7, 11) is 0. The van der Waals surface area contributed by atoms with E-state index in [1.165, 1.54) is 5.56 Å². The summed E-state index contributed by atoms with van der Waals surface area (Å²) in [6.07, 6.45) is 1.86. The van der Waals surface area contributed by atoms with Crippen molar-refractivity contribution in [3.8, 4) is 0 Å². The van der Waals surface area contributed by atoms with Crippen molar-refractivity contribution in [3.05, 3.63) is 35.9 Å². The predicted octanol–water partition coefficient (Wildman–Crippen LogP) is 2.80. The molecule has 0 aromatic heterocycles. The van der Waals surface area contributed by atoms with Crippen LogP contribution in [-0.2, 0) is 11.2 Å². The molecule has 1 unspecified atom stereocenters. The van der Waals surface area contributed by atoms with Gasteiger partial charge in [-0.05, 0) is 32.3 Å². The Kier molecular flexibility index (Phi) is 5.86. The molecule has 0 fully saturated rings. The van der Waals surface area contributed by atoms with Crippen LogP contribution < -0.4 is 0 Å². The van der Waals surface area contributed by atoms with Crippen molar-refractivity contribution in [1.29, 1.82) is 0 Å². The number of carbonyl (C=O) groups is 1. The Morgan fingerprint density at radius 2 is 1.89 bits per heavy atom. The SMILES string of the molecule is CCC(Cc1ccccc1)N(CC(=O)O)C(C)C. The molecule has 0 spiro atoms. The minimum absolute atomic E-state index is 0.114. The van der Waals surface area contributed by atoms with Crippen LogP contribution in [0.15, 0.2) is 30.3 Å². The number of hydrogen-bond acceptors (Lipinski definition) is 2. The lowest BCUT2D eigenvalue weighted by Crippen LogP contribution is -2.44. The molecule has 0 aliphatic heterocycles. The highest BCUT2D eigenvalue weighted by atomic mass is 16.4. The monoisotopic (exact) mass is 249 g/mol. The third-order valence-corrected chi connectivity index (χ3v) is 3.24. The Morgan fingerprint density at radius 3 is 2.33 bits per heavy atom. The second kappa shape index (κ2) is 7.17. The van der Waals surface area contributed by atoms with Gasteiger partial charge in [0.15, 0.2) is 0 Å². The molecule has 0 saturated carbocycles. The van der Waals surface area contributed by atoms with Crippen molar-refractivity contribution in [2.45, 2.75) is 45.7 Å². The fourth-order valence-electron chi connectivity index (χ4n) is 2.27. The first-order valence-corrected chi connectivity index (χ1v) is 6.56. The van der Waals surface area contributed by atoms with Crippen LogP contribution in [0.25, 0.3) is 0 Å². The Balaban J connectivity index is 2.76. The second-order valence-electron chi connectivity index (χ2n) is 4.91. The zero-order valence-corrected chi connectivity index (χ0v) is 11.5. The first-order chi connectivity index (χ1) is 8.54. The van der Waals surface area contributed by atoms with E-state index >= 15 is 0 Å². The third-order valence-electron chi connectivity index (χ3n) is 3.24. The molecule has 3 heteroatoms. The number of carboxylic acids is 1. The van der Waals surface area contributed by atoms with Crippen molar-refractivity contribution in [3.63, 3.8) is 0 Å². The average molecular weight is 249 g/mol. The van der Waals surface area contributed by atoms with Gasteiger partial charge in [0.05, 0.1) is 6.54 Å². The molecule has 1 aromatic carbocycles. The molecule has 0 aliphatic rings. The summed E-state index contributed by atoms with van der Waals surface area (Å²) in [4.78, 5) is 13.0. The molecule has 1 N–H and O–H groups in total. The van der Waals surface area contributed by atoms with Gasteiger partial charge < -0.3 is 5.11 Å². The molecular formula is C15H23NO2. The van der Waals surface area contributed by atoms with Crippen molar-refractivity contribution in [1.82, 2.24) is 4.90 Å². The molecule has 0 aliphatic carbocycles. The van der Waals surface area contributed by atoms with Crippen molar-refractivity contribution < 1.29 is 9.90 Å². The van der Waals surface area contributed by atoms with Crippen molar-refractivity contribution in [2.75, 3.05) is 6.54 Å². The van der Waals surface area contributed by atoms with Crippen LogP contribution in [0, 0.1) is 0 Å². The highest BCUT2D eigenvalue weighted by Crippen LogP contribution is 2.14. The zero-order chi connectivity index (χ0) is 13.5. The number of aliphatic carboxylic acids is 1. The maximum atomic E-state index is 10.9. The van der Waals surface area contributed by atoms with E-state index in [1.807, 2.05) is 18.2 Å². The maximum absolute atomic E-state index is 10.9. The van der Waals surface area contributed by atoms with E-state index in [0.29, 0.717) is 0 Å². The zero-order valence-electron chi connectivity index (χ0n) is 11.5. The molecule has 1 rings (SSSR count). The number of carboxylic acid groups (broad SMARTS) is 1. The first kappa shape index (κ1) is 14.7.